The molecule has 1 aliphatic rings. The fourth-order valence-electron chi connectivity index (χ4n) is 3.90. The van der Waals surface area contributed by atoms with Gasteiger partial charge in [0, 0.05) is 5.92 Å². The Bertz CT molecular complexity index is 869. The highest BCUT2D eigenvalue weighted by Crippen LogP contribution is 2.32. The highest BCUT2D eigenvalue weighted by atomic mass is 16.6. The van der Waals surface area contributed by atoms with Crippen molar-refractivity contribution in [2.24, 2.45) is 5.92 Å². The standard InChI is InChI=1S/C26H28O4/c27-26-23(16-20-10-4-1-5-11-20)25(29-18-22-14-8-3-9-15-22)24(30-26)19-28-17-21-12-6-2-7-13-21/h1-15,23-27H,16-19H2/t23?,24-,25-,26?/m1/s1. The van der Waals surface area contributed by atoms with Gasteiger partial charge in [-0.05, 0) is 23.1 Å². The molecule has 0 radical (unpaired) electrons. The summed E-state index contributed by atoms with van der Waals surface area (Å²) in [6, 6.07) is 30.3. The van der Waals surface area contributed by atoms with Gasteiger partial charge < -0.3 is 19.3 Å². The Hall–Kier alpha value is -2.50. The van der Waals surface area contributed by atoms with Crippen molar-refractivity contribution in [3.05, 3.63) is 108 Å². The van der Waals surface area contributed by atoms with Crippen molar-refractivity contribution in [3.63, 3.8) is 0 Å². The van der Waals surface area contributed by atoms with Crippen LogP contribution in [-0.4, -0.2) is 30.2 Å². The Labute approximate surface area is 178 Å². The van der Waals surface area contributed by atoms with Crippen LogP contribution in [0.25, 0.3) is 0 Å². The van der Waals surface area contributed by atoms with E-state index in [2.05, 4.69) is 12.1 Å². The van der Waals surface area contributed by atoms with E-state index in [0.29, 0.717) is 26.2 Å². The van der Waals surface area contributed by atoms with E-state index in [9.17, 15) is 5.11 Å². The number of ether oxygens (including phenoxy) is 3. The molecule has 0 aromatic heterocycles. The summed E-state index contributed by atoms with van der Waals surface area (Å²) in [5, 5.41) is 10.6. The Balaban J connectivity index is 1.42. The van der Waals surface area contributed by atoms with Gasteiger partial charge in [0.1, 0.15) is 6.10 Å². The minimum atomic E-state index is -0.878. The van der Waals surface area contributed by atoms with Gasteiger partial charge in [0.05, 0.1) is 25.9 Å². The molecule has 0 saturated carbocycles. The van der Waals surface area contributed by atoms with Crippen molar-refractivity contribution in [3.8, 4) is 0 Å². The monoisotopic (exact) mass is 404 g/mol. The molecular weight excluding hydrogens is 376 g/mol. The first-order chi connectivity index (χ1) is 14.8. The van der Waals surface area contributed by atoms with Crippen LogP contribution in [0.15, 0.2) is 91.0 Å². The summed E-state index contributed by atoms with van der Waals surface area (Å²) in [5.74, 6) is -0.151. The number of aliphatic hydroxyl groups excluding tert-OH is 1. The molecule has 4 atom stereocenters. The second kappa shape index (κ2) is 10.5. The normalized spacial score (nSPS) is 23.5. The van der Waals surface area contributed by atoms with Crippen LogP contribution in [0.5, 0.6) is 0 Å². The van der Waals surface area contributed by atoms with Gasteiger partial charge in [0.25, 0.3) is 0 Å². The third-order valence-electron chi connectivity index (χ3n) is 5.46. The molecule has 4 nitrogen and oxygen atoms in total. The fraction of sp³-hybridized carbons (Fsp3) is 0.308. The van der Waals surface area contributed by atoms with Crippen LogP contribution in [0.4, 0.5) is 0 Å². The SMILES string of the molecule is OC1O[C@H](COCc2ccccc2)[C@H](OCc2ccccc2)C1Cc1ccccc1. The summed E-state index contributed by atoms with van der Waals surface area (Å²) in [7, 11) is 0. The van der Waals surface area contributed by atoms with Crippen molar-refractivity contribution in [2.75, 3.05) is 6.61 Å². The van der Waals surface area contributed by atoms with Crippen molar-refractivity contribution in [2.45, 2.75) is 38.1 Å². The number of benzene rings is 3. The highest BCUT2D eigenvalue weighted by Gasteiger charge is 2.44. The average Bonchev–Trinajstić information content (AvgIpc) is 3.08. The summed E-state index contributed by atoms with van der Waals surface area (Å²) < 4.78 is 18.1. The van der Waals surface area contributed by atoms with Crippen LogP contribution in [0.1, 0.15) is 16.7 Å². The molecule has 1 fully saturated rings. The predicted octanol–water partition coefficient (Wildman–Crippen LogP) is 4.36. The number of hydrogen-bond donors (Lipinski definition) is 1. The van der Waals surface area contributed by atoms with E-state index in [4.69, 9.17) is 14.2 Å². The van der Waals surface area contributed by atoms with Crippen LogP contribution < -0.4 is 0 Å². The fourth-order valence-corrected chi connectivity index (χ4v) is 3.90. The molecule has 1 saturated heterocycles. The molecular formula is C26H28O4. The highest BCUT2D eigenvalue weighted by molar-refractivity contribution is 5.17. The minimum Gasteiger partial charge on any atom is -0.374 e. The molecule has 3 aromatic rings. The Morgan fingerprint density at radius 3 is 1.83 bits per heavy atom. The van der Waals surface area contributed by atoms with E-state index in [0.717, 1.165) is 16.7 Å². The third-order valence-corrected chi connectivity index (χ3v) is 5.46. The number of hydrogen-bond acceptors (Lipinski definition) is 4. The lowest BCUT2D eigenvalue weighted by Crippen LogP contribution is -2.34. The van der Waals surface area contributed by atoms with Gasteiger partial charge >= 0.3 is 0 Å². The summed E-state index contributed by atoms with van der Waals surface area (Å²) >= 11 is 0. The zero-order chi connectivity index (χ0) is 20.6. The second-order valence-corrected chi connectivity index (χ2v) is 7.68. The van der Waals surface area contributed by atoms with Gasteiger partial charge in [0.2, 0.25) is 0 Å². The molecule has 2 unspecified atom stereocenters. The smallest absolute Gasteiger partial charge is 0.160 e. The number of aliphatic hydroxyl groups is 1. The predicted molar refractivity (Wildman–Crippen MR) is 116 cm³/mol. The van der Waals surface area contributed by atoms with Gasteiger partial charge in [-0.1, -0.05) is 91.0 Å². The maximum atomic E-state index is 10.6. The first kappa shape index (κ1) is 20.8. The zero-order valence-electron chi connectivity index (χ0n) is 17.0. The molecule has 0 aliphatic carbocycles. The molecule has 0 bridgehead atoms. The van der Waals surface area contributed by atoms with E-state index in [1.807, 2.05) is 78.9 Å². The van der Waals surface area contributed by atoms with Gasteiger partial charge in [-0.15, -0.1) is 0 Å². The first-order valence-corrected chi connectivity index (χ1v) is 10.4. The second-order valence-electron chi connectivity index (χ2n) is 7.68. The molecule has 0 spiro atoms. The lowest BCUT2D eigenvalue weighted by Gasteiger charge is -2.24. The molecule has 4 heteroatoms. The molecule has 1 aliphatic heterocycles. The molecule has 30 heavy (non-hydrogen) atoms. The molecule has 1 N–H and O–H groups in total. The van der Waals surface area contributed by atoms with E-state index in [1.54, 1.807) is 0 Å². The maximum Gasteiger partial charge on any atom is 0.160 e. The van der Waals surface area contributed by atoms with Crippen LogP contribution in [-0.2, 0) is 33.8 Å². The van der Waals surface area contributed by atoms with E-state index in [-0.39, 0.29) is 18.1 Å². The zero-order valence-corrected chi connectivity index (χ0v) is 17.0. The molecule has 3 aromatic carbocycles. The number of rotatable bonds is 9. The van der Waals surface area contributed by atoms with Crippen LogP contribution >= 0.6 is 0 Å². The Morgan fingerprint density at radius 1 is 0.700 bits per heavy atom. The Kier molecular flexibility index (Phi) is 7.27. The third kappa shape index (κ3) is 5.55. The Morgan fingerprint density at radius 2 is 1.23 bits per heavy atom. The van der Waals surface area contributed by atoms with Crippen molar-refractivity contribution in [1.29, 1.82) is 0 Å². The quantitative estimate of drug-likeness (QED) is 0.576. The topological polar surface area (TPSA) is 47.9 Å². The van der Waals surface area contributed by atoms with E-state index < -0.39 is 6.29 Å². The van der Waals surface area contributed by atoms with Gasteiger partial charge in [-0.3, -0.25) is 0 Å². The lowest BCUT2D eigenvalue weighted by atomic mass is 9.93. The van der Waals surface area contributed by atoms with Crippen LogP contribution in [0, 0.1) is 5.92 Å². The molecule has 1 heterocycles. The molecule has 4 rings (SSSR count). The van der Waals surface area contributed by atoms with Gasteiger partial charge in [0.15, 0.2) is 6.29 Å². The lowest BCUT2D eigenvalue weighted by molar-refractivity contribution is -0.127. The summed E-state index contributed by atoms with van der Waals surface area (Å²) in [5.41, 5.74) is 3.37. The molecule has 156 valence electrons. The molecule has 0 amide bonds. The maximum absolute atomic E-state index is 10.6. The van der Waals surface area contributed by atoms with Crippen molar-refractivity contribution in [1.82, 2.24) is 0 Å². The van der Waals surface area contributed by atoms with Crippen molar-refractivity contribution >= 4 is 0 Å². The van der Waals surface area contributed by atoms with Crippen LogP contribution in [0.2, 0.25) is 0 Å². The van der Waals surface area contributed by atoms with Gasteiger partial charge in [-0.25, -0.2) is 0 Å². The summed E-state index contributed by atoms with van der Waals surface area (Å²) in [6.45, 7) is 1.35. The average molecular weight is 405 g/mol. The van der Waals surface area contributed by atoms with E-state index >= 15 is 0 Å². The largest absolute Gasteiger partial charge is 0.374 e. The van der Waals surface area contributed by atoms with E-state index in [1.165, 1.54) is 0 Å². The van der Waals surface area contributed by atoms with Crippen molar-refractivity contribution < 1.29 is 19.3 Å². The van der Waals surface area contributed by atoms with Crippen LogP contribution in [0.3, 0.4) is 0 Å². The minimum absolute atomic E-state index is 0.151. The van der Waals surface area contributed by atoms with Gasteiger partial charge in [-0.2, -0.15) is 0 Å². The first-order valence-electron chi connectivity index (χ1n) is 10.4. The summed E-state index contributed by atoms with van der Waals surface area (Å²) in [4.78, 5) is 0. The summed E-state index contributed by atoms with van der Waals surface area (Å²) in [6.07, 6.45) is -0.759.